The molecule has 0 unspecified atom stereocenters. The molecular formula is C19H23FN4. The Balaban J connectivity index is 1.45. The fourth-order valence-electron chi connectivity index (χ4n) is 3.66. The smallest absolute Gasteiger partial charge is 0.145 e. The van der Waals surface area contributed by atoms with E-state index >= 15 is 0 Å². The third kappa shape index (κ3) is 3.47. The van der Waals surface area contributed by atoms with Crippen LogP contribution in [0.5, 0.6) is 0 Å². The van der Waals surface area contributed by atoms with Crippen LogP contribution in [0.15, 0.2) is 30.5 Å². The van der Waals surface area contributed by atoms with Gasteiger partial charge in [-0.2, -0.15) is 0 Å². The van der Waals surface area contributed by atoms with Crippen LogP contribution < -0.4 is 5.32 Å². The Kier molecular flexibility index (Phi) is 4.54. The maximum atomic E-state index is 13.3. The molecule has 1 aromatic heterocycles. The molecule has 5 heteroatoms. The molecule has 2 aliphatic heterocycles. The highest BCUT2D eigenvalue weighted by Crippen LogP contribution is 2.23. The van der Waals surface area contributed by atoms with Crippen molar-refractivity contribution in [3.05, 3.63) is 58.9 Å². The quantitative estimate of drug-likeness (QED) is 0.941. The lowest BCUT2D eigenvalue weighted by molar-refractivity contribution is 0.241. The molecule has 0 saturated carbocycles. The van der Waals surface area contributed by atoms with Gasteiger partial charge in [0.05, 0.1) is 6.04 Å². The van der Waals surface area contributed by atoms with Gasteiger partial charge in [-0.05, 0) is 37.1 Å². The SMILES string of the molecule is Fc1cccc(CN2CCc3nc([C@@H]4CCCCN4)ncc3C2)c1. The van der Waals surface area contributed by atoms with E-state index in [0.29, 0.717) is 6.04 Å². The maximum Gasteiger partial charge on any atom is 0.145 e. The number of fused-ring (bicyclic) bond motifs is 1. The Labute approximate surface area is 142 Å². The van der Waals surface area contributed by atoms with Gasteiger partial charge < -0.3 is 5.32 Å². The predicted octanol–water partition coefficient (Wildman–Crippen LogP) is 2.99. The highest BCUT2D eigenvalue weighted by atomic mass is 19.1. The molecule has 1 fully saturated rings. The number of nitrogens with zero attached hydrogens (tertiary/aromatic N) is 3. The van der Waals surface area contributed by atoms with Crippen molar-refractivity contribution in [3.8, 4) is 0 Å². The zero-order valence-electron chi connectivity index (χ0n) is 13.8. The van der Waals surface area contributed by atoms with E-state index in [1.165, 1.54) is 30.2 Å². The molecule has 3 heterocycles. The van der Waals surface area contributed by atoms with Crippen molar-refractivity contribution in [1.29, 1.82) is 0 Å². The minimum atomic E-state index is -0.169. The minimum Gasteiger partial charge on any atom is -0.307 e. The van der Waals surface area contributed by atoms with E-state index in [-0.39, 0.29) is 5.82 Å². The zero-order chi connectivity index (χ0) is 16.4. The van der Waals surface area contributed by atoms with E-state index in [1.54, 1.807) is 12.1 Å². The Morgan fingerprint density at radius 2 is 2.25 bits per heavy atom. The summed E-state index contributed by atoms with van der Waals surface area (Å²) >= 11 is 0. The summed E-state index contributed by atoms with van der Waals surface area (Å²) in [7, 11) is 0. The molecule has 0 spiro atoms. The van der Waals surface area contributed by atoms with Gasteiger partial charge in [0.15, 0.2) is 0 Å². The van der Waals surface area contributed by atoms with Gasteiger partial charge in [-0.15, -0.1) is 0 Å². The fraction of sp³-hybridized carbons (Fsp3) is 0.474. The molecule has 4 rings (SSSR count). The van der Waals surface area contributed by atoms with Gasteiger partial charge in [0.1, 0.15) is 11.6 Å². The van der Waals surface area contributed by atoms with E-state index in [4.69, 9.17) is 4.98 Å². The minimum absolute atomic E-state index is 0.169. The van der Waals surface area contributed by atoms with Crippen molar-refractivity contribution in [2.45, 2.75) is 44.8 Å². The van der Waals surface area contributed by atoms with Crippen LogP contribution in [0.4, 0.5) is 4.39 Å². The van der Waals surface area contributed by atoms with Crippen molar-refractivity contribution in [1.82, 2.24) is 20.2 Å². The first kappa shape index (κ1) is 15.7. The Hall–Kier alpha value is -1.85. The molecule has 1 saturated heterocycles. The average molecular weight is 326 g/mol. The van der Waals surface area contributed by atoms with Crippen LogP contribution in [0.2, 0.25) is 0 Å². The van der Waals surface area contributed by atoms with E-state index in [1.807, 2.05) is 12.3 Å². The van der Waals surface area contributed by atoms with E-state index < -0.39 is 0 Å². The first-order valence-electron chi connectivity index (χ1n) is 8.83. The van der Waals surface area contributed by atoms with Gasteiger partial charge in [-0.3, -0.25) is 4.90 Å². The van der Waals surface area contributed by atoms with Gasteiger partial charge in [0, 0.05) is 43.5 Å². The highest BCUT2D eigenvalue weighted by Gasteiger charge is 2.22. The van der Waals surface area contributed by atoms with Gasteiger partial charge in [0.25, 0.3) is 0 Å². The summed E-state index contributed by atoms with van der Waals surface area (Å²) in [6.45, 7) is 3.62. The van der Waals surface area contributed by atoms with Crippen molar-refractivity contribution in [2.75, 3.05) is 13.1 Å². The molecule has 0 bridgehead atoms. The predicted molar refractivity (Wildman–Crippen MR) is 90.8 cm³/mol. The van der Waals surface area contributed by atoms with Gasteiger partial charge in [-0.1, -0.05) is 18.6 Å². The van der Waals surface area contributed by atoms with Gasteiger partial charge in [-0.25, -0.2) is 14.4 Å². The molecule has 1 atom stereocenters. The number of aromatic nitrogens is 2. The lowest BCUT2D eigenvalue weighted by Crippen LogP contribution is -2.33. The summed E-state index contributed by atoms with van der Waals surface area (Å²) in [6, 6.07) is 7.17. The largest absolute Gasteiger partial charge is 0.307 e. The first-order valence-corrected chi connectivity index (χ1v) is 8.83. The zero-order valence-corrected chi connectivity index (χ0v) is 13.8. The summed E-state index contributed by atoms with van der Waals surface area (Å²) < 4.78 is 13.3. The number of nitrogens with one attached hydrogen (secondary N) is 1. The maximum absolute atomic E-state index is 13.3. The fourth-order valence-corrected chi connectivity index (χ4v) is 3.66. The van der Waals surface area contributed by atoms with Crippen LogP contribution >= 0.6 is 0 Å². The second-order valence-electron chi connectivity index (χ2n) is 6.79. The second kappa shape index (κ2) is 6.95. The third-order valence-electron chi connectivity index (χ3n) is 4.95. The molecule has 1 aromatic carbocycles. The number of benzene rings is 1. The molecule has 2 aliphatic rings. The molecule has 0 radical (unpaired) electrons. The van der Waals surface area contributed by atoms with Crippen LogP contribution in [-0.2, 0) is 19.5 Å². The van der Waals surface area contributed by atoms with Crippen molar-refractivity contribution in [2.24, 2.45) is 0 Å². The standard InChI is InChI=1S/C19H23FN4/c20-16-5-3-4-14(10-16)12-24-9-7-17-15(13-24)11-22-19(23-17)18-6-1-2-8-21-18/h3-5,10-11,18,21H,1-2,6-9,12-13H2/t18-/m0/s1. The molecule has 1 N–H and O–H groups in total. The van der Waals surface area contributed by atoms with Crippen molar-refractivity contribution in [3.63, 3.8) is 0 Å². The van der Waals surface area contributed by atoms with Crippen LogP contribution in [0.25, 0.3) is 0 Å². The molecule has 126 valence electrons. The number of rotatable bonds is 3. The van der Waals surface area contributed by atoms with Crippen molar-refractivity contribution >= 4 is 0 Å². The normalized spacial score (nSPS) is 21.5. The number of hydrogen-bond acceptors (Lipinski definition) is 4. The van der Waals surface area contributed by atoms with E-state index in [9.17, 15) is 4.39 Å². The monoisotopic (exact) mass is 326 g/mol. The van der Waals surface area contributed by atoms with Crippen molar-refractivity contribution < 1.29 is 4.39 Å². The summed E-state index contributed by atoms with van der Waals surface area (Å²) in [5, 5.41) is 3.52. The molecule has 0 aliphatic carbocycles. The Bertz CT molecular complexity index is 712. The van der Waals surface area contributed by atoms with E-state index in [2.05, 4.69) is 15.2 Å². The summed E-state index contributed by atoms with van der Waals surface area (Å²) in [5.41, 5.74) is 3.41. The number of piperidine rings is 1. The lowest BCUT2D eigenvalue weighted by Gasteiger charge is -2.29. The lowest BCUT2D eigenvalue weighted by atomic mass is 10.0. The topological polar surface area (TPSA) is 41.1 Å². The summed E-state index contributed by atoms with van der Waals surface area (Å²) in [6.07, 6.45) is 6.55. The second-order valence-corrected chi connectivity index (χ2v) is 6.79. The number of hydrogen-bond donors (Lipinski definition) is 1. The van der Waals surface area contributed by atoms with Crippen LogP contribution in [-0.4, -0.2) is 28.0 Å². The Morgan fingerprint density at radius 3 is 3.08 bits per heavy atom. The van der Waals surface area contributed by atoms with Crippen LogP contribution in [0, 0.1) is 5.82 Å². The molecular weight excluding hydrogens is 303 g/mol. The molecule has 0 amide bonds. The highest BCUT2D eigenvalue weighted by molar-refractivity contribution is 5.23. The number of halogens is 1. The summed E-state index contributed by atoms with van der Waals surface area (Å²) in [5.74, 6) is 0.782. The summed E-state index contributed by atoms with van der Waals surface area (Å²) in [4.78, 5) is 11.8. The van der Waals surface area contributed by atoms with Gasteiger partial charge in [0.2, 0.25) is 0 Å². The van der Waals surface area contributed by atoms with Gasteiger partial charge >= 0.3 is 0 Å². The van der Waals surface area contributed by atoms with Crippen LogP contribution in [0.1, 0.15) is 47.9 Å². The Morgan fingerprint density at radius 1 is 1.29 bits per heavy atom. The third-order valence-corrected chi connectivity index (χ3v) is 4.95. The first-order chi connectivity index (χ1) is 11.8. The van der Waals surface area contributed by atoms with E-state index in [0.717, 1.165) is 50.4 Å². The molecule has 4 nitrogen and oxygen atoms in total. The molecule has 24 heavy (non-hydrogen) atoms. The molecule has 2 aromatic rings. The van der Waals surface area contributed by atoms with Crippen LogP contribution in [0.3, 0.4) is 0 Å². The average Bonchev–Trinajstić information content (AvgIpc) is 2.62.